The zero-order chi connectivity index (χ0) is 11.7. The SMILES string of the molecule is Brc1ccc2nc(CN3CCNCC3)sc2c1. The van der Waals surface area contributed by atoms with Gasteiger partial charge in [-0.1, -0.05) is 15.9 Å². The van der Waals surface area contributed by atoms with Crippen molar-refractivity contribution in [2.24, 2.45) is 0 Å². The number of fused-ring (bicyclic) bond motifs is 1. The van der Waals surface area contributed by atoms with E-state index in [0.29, 0.717) is 0 Å². The number of piperazine rings is 1. The van der Waals surface area contributed by atoms with E-state index in [1.54, 1.807) is 11.3 Å². The summed E-state index contributed by atoms with van der Waals surface area (Å²) >= 11 is 5.30. The molecular weight excluding hydrogens is 298 g/mol. The highest BCUT2D eigenvalue weighted by Crippen LogP contribution is 2.26. The van der Waals surface area contributed by atoms with E-state index in [0.717, 1.165) is 42.7 Å². The van der Waals surface area contributed by atoms with Crippen molar-refractivity contribution in [3.05, 3.63) is 27.7 Å². The minimum Gasteiger partial charge on any atom is -0.314 e. The predicted molar refractivity (Wildman–Crippen MR) is 75.5 cm³/mol. The first-order valence-corrected chi connectivity index (χ1v) is 7.40. The fourth-order valence-corrected chi connectivity index (χ4v) is 3.64. The van der Waals surface area contributed by atoms with Crippen LogP contribution in [0.5, 0.6) is 0 Å². The number of hydrogen-bond donors (Lipinski definition) is 1. The first-order valence-electron chi connectivity index (χ1n) is 5.79. The summed E-state index contributed by atoms with van der Waals surface area (Å²) < 4.78 is 2.40. The van der Waals surface area contributed by atoms with Gasteiger partial charge in [-0.05, 0) is 18.2 Å². The molecule has 2 heterocycles. The van der Waals surface area contributed by atoms with Crippen LogP contribution < -0.4 is 5.32 Å². The fourth-order valence-electron chi connectivity index (χ4n) is 2.07. The molecule has 1 aromatic carbocycles. The molecule has 17 heavy (non-hydrogen) atoms. The van der Waals surface area contributed by atoms with Crippen molar-refractivity contribution < 1.29 is 0 Å². The molecule has 0 saturated carbocycles. The van der Waals surface area contributed by atoms with Gasteiger partial charge in [-0.3, -0.25) is 4.90 Å². The zero-order valence-electron chi connectivity index (χ0n) is 9.45. The molecule has 1 saturated heterocycles. The van der Waals surface area contributed by atoms with Gasteiger partial charge in [-0.25, -0.2) is 4.98 Å². The lowest BCUT2D eigenvalue weighted by atomic mass is 10.3. The average Bonchev–Trinajstić information content (AvgIpc) is 2.71. The summed E-state index contributed by atoms with van der Waals surface area (Å²) in [4.78, 5) is 7.15. The van der Waals surface area contributed by atoms with Crippen LogP contribution in [0.4, 0.5) is 0 Å². The molecule has 1 aliphatic heterocycles. The molecule has 1 N–H and O–H groups in total. The Hall–Kier alpha value is -0.490. The van der Waals surface area contributed by atoms with Crippen LogP contribution in [0.15, 0.2) is 22.7 Å². The van der Waals surface area contributed by atoms with Crippen LogP contribution >= 0.6 is 27.3 Å². The largest absolute Gasteiger partial charge is 0.314 e. The molecule has 3 rings (SSSR count). The van der Waals surface area contributed by atoms with E-state index in [4.69, 9.17) is 0 Å². The smallest absolute Gasteiger partial charge is 0.108 e. The van der Waals surface area contributed by atoms with Gasteiger partial charge >= 0.3 is 0 Å². The topological polar surface area (TPSA) is 28.2 Å². The monoisotopic (exact) mass is 311 g/mol. The highest BCUT2D eigenvalue weighted by molar-refractivity contribution is 9.10. The van der Waals surface area contributed by atoms with E-state index < -0.39 is 0 Å². The maximum Gasteiger partial charge on any atom is 0.108 e. The highest BCUT2D eigenvalue weighted by Gasteiger charge is 2.12. The molecule has 0 atom stereocenters. The number of nitrogens with one attached hydrogen (secondary N) is 1. The van der Waals surface area contributed by atoms with Crippen LogP contribution in [0.25, 0.3) is 10.2 Å². The first-order chi connectivity index (χ1) is 8.31. The van der Waals surface area contributed by atoms with Gasteiger partial charge in [0.15, 0.2) is 0 Å². The lowest BCUT2D eigenvalue weighted by Gasteiger charge is -2.25. The Balaban J connectivity index is 1.80. The molecule has 0 bridgehead atoms. The van der Waals surface area contributed by atoms with Gasteiger partial charge in [0.05, 0.1) is 16.8 Å². The van der Waals surface area contributed by atoms with Crippen LogP contribution in [-0.2, 0) is 6.54 Å². The number of benzene rings is 1. The van der Waals surface area contributed by atoms with Crippen LogP contribution in [0.1, 0.15) is 5.01 Å². The molecule has 1 aliphatic rings. The quantitative estimate of drug-likeness (QED) is 0.923. The number of thiazole rings is 1. The third kappa shape index (κ3) is 2.68. The van der Waals surface area contributed by atoms with Gasteiger partial charge in [-0.15, -0.1) is 11.3 Å². The Bertz CT molecular complexity index is 519. The summed E-state index contributed by atoms with van der Waals surface area (Å²) in [6, 6.07) is 6.28. The number of aromatic nitrogens is 1. The Morgan fingerprint density at radius 1 is 1.35 bits per heavy atom. The molecule has 0 unspecified atom stereocenters. The third-order valence-electron chi connectivity index (χ3n) is 2.96. The van der Waals surface area contributed by atoms with E-state index in [1.165, 1.54) is 9.71 Å². The second-order valence-corrected chi connectivity index (χ2v) is 6.28. The van der Waals surface area contributed by atoms with E-state index in [2.05, 4.69) is 49.3 Å². The van der Waals surface area contributed by atoms with Gasteiger partial charge in [-0.2, -0.15) is 0 Å². The zero-order valence-corrected chi connectivity index (χ0v) is 11.9. The Morgan fingerprint density at radius 3 is 3.00 bits per heavy atom. The Morgan fingerprint density at radius 2 is 2.18 bits per heavy atom. The third-order valence-corrected chi connectivity index (χ3v) is 4.46. The summed E-state index contributed by atoms with van der Waals surface area (Å²) in [7, 11) is 0. The minimum absolute atomic E-state index is 0.985. The normalized spacial score (nSPS) is 17.7. The number of rotatable bonds is 2. The van der Waals surface area contributed by atoms with Crippen LogP contribution in [0, 0.1) is 0 Å². The molecule has 0 aliphatic carbocycles. The lowest BCUT2D eigenvalue weighted by molar-refractivity contribution is 0.233. The number of nitrogens with zero attached hydrogens (tertiary/aromatic N) is 2. The molecule has 3 nitrogen and oxygen atoms in total. The molecule has 1 fully saturated rings. The fraction of sp³-hybridized carbons (Fsp3) is 0.417. The van der Waals surface area contributed by atoms with E-state index in [1.807, 2.05) is 0 Å². The molecule has 0 radical (unpaired) electrons. The van der Waals surface area contributed by atoms with Crippen molar-refractivity contribution in [2.75, 3.05) is 26.2 Å². The van der Waals surface area contributed by atoms with Gasteiger partial charge < -0.3 is 5.32 Å². The molecule has 0 spiro atoms. The van der Waals surface area contributed by atoms with Gasteiger partial charge in [0, 0.05) is 30.7 Å². The van der Waals surface area contributed by atoms with Gasteiger partial charge in [0.1, 0.15) is 5.01 Å². The summed E-state index contributed by atoms with van der Waals surface area (Å²) in [5, 5.41) is 4.59. The standard InChI is InChI=1S/C12H14BrN3S/c13-9-1-2-10-11(7-9)17-12(15-10)8-16-5-3-14-4-6-16/h1-2,7,14H,3-6,8H2. The lowest BCUT2D eigenvalue weighted by Crippen LogP contribution is -2.42. The Labute approximate surface area is 113 Å². The van der Waals surface area contributed by atoms with Gasteiger partial charge in [0.2, 0.25) is 0 Å². The van der Waals surface area contributed by atoms with Crippen molar-refractivity contribution in [3.8, 4) is 0 Å². The molecule has 0 amide bonds. The number of hydrogen-bond acceptors (Lipinski definition) is 4. The maximum atomic E-state index is 4.68. The van der Waals surface area contributed by atoms with Crippen LogP contribution in [0.2, 0.25) is 0 Å². The van der Waals surface area contributed by atoms with Crippen molar-refractivity contribution in [1.82, 2.24) is 15.2 Å². The van der Waals surface area contributed by atoms with Crippen molar-refractivity contribution in [3.63, 3.8) is 0 Å². The molecule has 90 valence electrons. The average molecular weight is 312 g/mol. The summed E-state index contributed by atoms with van der Waals surface area (Å²) in [6.45, 7) is 5.42. The highest BCUT2D eigenvalue weighted by atomic mass is 79.9. The second kappa shape index (κ2) is 5.02. The second-order valence-electron chi connectivity index (χ2n) is 4.25. The van der Waals surface area contributed by atoms with E-state index in [-0.39, 0.29) is 0 Å². The molecule has 1 aromatic heterocycles. The molecule has 5 heteroatoms. The summed E-state index contributed by atoms with van der Waals surface area (Å²) in [6.07, 6.45) is 0. The minimum atomic E-state index is 0.985. The van der Waals surface area contributed by atoms with Gasteiger partial charge in [0.25, 0.3) is 0 Å². The Kier molecular flexibility index (Phi) is 3.42. The maximum absolute atomic E-state index is 4.68. The first kappa shape index (κ1) is 11.6. The summed E-state index contributed by atoms with van der Waals surface area (Å²) in [5.74, 6) is 0. The summed E-state index contributed by atoms with van der Waals surface area (Å²) in [5.41, 5.74) is 1.11. The predicted octanol–water partition coefficient (Wildman–Crippen LogP) is 2.46. The number of halogens is 1. The molecular formula is C12H14BrN3S. The van der Waals surface area contributed by atoms with Crippen LogP contribution in [-0.4, -0.2) is 36.1 Å². The van der Waals surface area contributed by atoms with Crippen molar-refractivity contribution in [2.45, 2.75) is 6.54 Å². The van der Waals surface area contributed by atoms with E-state index in [9.17, 15) is 0 Å². The van der Waals surface area contributed by atoms with E-state index >= 15 is 0 Å². The molecule has 2 aromatic rings. The van der Waals surface area contributed by atoms with Crippen LogP contribution in [0.3, 0.4) is 0 Å². The van der Waals surface area contributed by atoms with Crippen molar-refractivity contribution >= 4 is 37.5 Å². The van der Waals surface area contributed by atoms with Crippen molar-refractivity contribution in [1.29, 1.82) is 0 Å².